The van der Waals surface area contributed by atoms with E-state index in [0.29, 0.717) is 16.8 Å². The molecular weight excluding hydrogens is 1060 g/mol. The van der Waals surface area contributed by atoms with Crippen molar-refractivity contribution in [2.75, 3.05) is 0 Å². The quantitative estimate of drug-likeness (QED) is 0.142. The molecule has 4 aromatic heterocycles. The predicted molar refractivity (Wildman–Crippen MR) is 295 cm³/mol. The van der Waals surface area contributed by atoms with Gasteiger partial charge < -0.3 is 18.4 Å². The Morgan fingerprint density at radius 2 is 1.29 bits per heavy atom. The molecule has 0 unspecified atom stereocenters. The van der Waals surface area contributed by atoms with E-state index in [9.17, 15) is 0 Å². The van der Waals surface area contributed by atoms with Crippen molar-refractivity contribution in [3.63, 3.8) is 0 Å². The van der Waals surface area contributed by atoms with Gasteiger partial charge in [-0.3, -0.25) is 4.98 Å². The normalized spacial score (nSPS) is 13.2. The van der Waals surface area contributed by atoms with Gasteiger partial charge in [-0.1, -0.05) is 169 Å². The van der Waals surface area contributed by atoms with Gasteiger partial charge in [-0.15, -0.1) is 53.6 Å². The summed E-state index contributed by atoms with van der Waals surface area (Å²) in [4.78, 5) is 9.66. The van der Waals surface area contributed by atoms with E-state index in [-0.39, 0.29) is 37.5 Å². The van der Waals surface area contributed by atoms with Crippen molar-refractivity contribution in [1.29, 1.82) is 0 Å². The average molecular weight is 1120 g/mol. The van der Waals surface area contributed by atoms with Gasteiger partial charge in [0.2, 0.25) is 0 Å². The maximum absolute atomic E-state index is 8.25. The zero-order valence-electron chi connectivity index (χ0n) is 46.4. The summed E-state index contributed by atoms with van der Waals surface area (Å²) in [5, 5.41) is 4.38. The summed E-state index contributed by atoms with van der Waals surface area (Å²) in [7, 11) is 0. The largest absolute Gasteiger partial charge is 0.501 e. The van der Waals surface area contributed by atoms with Gasteiger partial charge in [0.25, 0.3) is 0 Å². The van der Waals surface area contributed by atoms with Gasteiger partial charge in [-0.25, -0.2) is 0 Å². The molecule has 0 bridgehead atoms. The van der Waals surface area contributed by atoms with E-state index < -0.39 is 18.6 Å². The standard InChI is InChI=1S/C49H37N2O2.C17H20N.Ir/c1-29(2)39-28-40-36-25-23-34(32-16-9-6-10-17-32)27-44(36)53-48(40)45(30(3)4)46(39)51-42-21-12-11-20-41(42)50-49(51)38-19-13-18-37-35-24-22-33(26-43(35)52-47(37)38)31-14-7-5-8-15-31;1-13-5-8-15(9-6-13)16-10-7-14(12-18-16)11-17(2,3)4;/h5-18,20-30H,1-4H3;5-8,10,12H,11H2,1-4H3;/q2*-1;/i;1D3,11D2;. The molecule has 5 nitrogen and oxygen atoms in total. The van der Waals surface area contributed by atoms with Crippen LogP contribution in [0.1, 0.15) is 89.4 Å². The summed E-state index contributed by atoms with van der Waals surface area (Å²) in [6.07, 6.45) is 0.0411. The van der Waals surface area contributed by atoms with Gasteiger partial charge in [-0.2, -0.15) is 0 Å². The van der Waals surface area contributed by atoms with Crippen LogP contribution in [0.15, 0.2) is 185 Å². The zero-order valence-corrected chi connectivity index (χ0v) is 43.8. The molecule has 1 radical (unpaired) electrons. The minimum atomic E-state index is -2.14. The zero-order chi connectivity index (χ0) is 53.3. The summed E-state index contributed by atoms with van der Waals surface area (Å²) >= 11 is 0. The molecule has 0 N–H and O–H groups in total. The smallest absolute Gasteiger partial charge is 0.140 e. The van der Waals surface area contributed by atoms with Gasteiger partial charge in [0.15, 0.2) is 0 Å². The molecule has 4 heterocycles. The number of hydrogen-bond donors (Lipinski definition) is 0. The molecule has 0 atom stereocenters. The molecule has 0 aliphatic carbocycles. The molecule has 359 valence electrons. The van der Waals surface area contributed by atoms with Gasteiger partial charge in [0, 0.05) is 60.6 Å². The SMILES string of the molecule is CC(C)c1cc2c(oc3cc(-c4ccccc4)ccc32)c(C(C)C)c1-n1c(-c2[c-]ccc3c2oc2cc(-c4ccccc4)ccc23)nc2ccccc21.[2H]C([2H])([2H])c1c[c-]c(-c2ccc(C([2H])([2H])C(C)(C)C)cn2)cc1.[Ir]. The summed E-state index contributed by atoms with van der Waals surface area (Å²) in [6, 6.07) is 63.5. The van der Waals surface area contributed by atoms with Crippen LogP contribution in [0.5, 0.6) is 0 Å². The van der Waals surface area contributed by atoms with Crippen molar-refractivity contribution >= 4 is 54.9 Å². The monoisotopic (exact) mass is 1120 g/mol. The Bertz CT molecular complexity index is 4100. The minimum Gasteiger partial charge on any atom is -0.501 e. The van der Waals surface area contributed by atoms with Crippen LogP contribution in [-0.4, -0.2) is 14.5 Å². The van der Waals surface area contributed by atoms with Crippen LogP contribution in [0, 0.1) is 24.4 Å². The van der Waals surface area contributed by atoms with Crippen LogP contribution >= 0.6 is 0 Å². The van der Waals surface area contributed by atoms with Crippen LogP contribution in [0.3, 0.4) is 0 Å². The van der Waals surface area contributed by atoms with Gasteiger partial charge in [0.1, 0.15) is 16.7 Å². The average Bonchev–Trinajstić information content (AvgIpc) is 4.17. The van der Waals surface area contributed by atoms with Crippen LogP contribution < -0.4 is 0 Å². The molecular formula is C66H57IrN3O2-2. The van der Waals surface area contributed by atoms with E-state index >= 15 is 0 Å². The molecule has 0 aliphatic rings. The molecule has 0 amide bonds. The van der Waals surface area contributed by atoms with E-state index in [1.54, 1.807) is 24.3 Å². The number of furan rings is 2. The summed E-state index contributed by atoms with van der Waals surface area (Å²) in [6.45, 7) is 12.5. The maximum atomic E-state index is 8.25. The molecule has 0 saturated heterocycles. The van der Waals surface area contributed by atoms with Gasteiger partial charge >= 0.3 is 0 Å². The minimum absolute atomic E-state index is 0. The van der Waals surface area contributed by atoms with Crippen LogP contribution in [-0.2, 0) is 26.5 Å². The maximum Gasteiger partial charge on any atom is 0.140 e. The number of hydrogen-bond acceptors (Lipinski definition) is 4. The van der Waals surface area contributed by atoms with Crippen molar-refractivity contribution in [3.8, 4) is 50.6 Å². The molecule has 6 heteroatoms. The van der Waals surface area contributed by atoms with Crippen LogP contribution in [0.25, 0.3) is 105 Å². The number of aromatic nitrogens is 3. The second-order valence-electron chi connectivity index (χ2n) is 19.9. The van der Waals surface area contributed by atoms with Crippen molar-refractivity contribution in [2.45, 2.75) is 73.5 Å². The Morgan fingerprint density at radius 3 is 1.89 bits per heavy atom. The number of nitrogens with zero attached hydrogens (tertiary/aromatic N) is 3. The number of fused-ring (bicyclic) bond motifs is 7. The molecule has 72 heavy (non-hydrogen) atoms. The molecule has 0 aliphatic heterocycles. The number of rotatable bonds is 8. The molecule has 12 aromatic rings. The van der Waals surface area contributed by atoms with Gasteiger partial charge in [-0.05, 0) is 99.1 Å². The summed E-state index contributed by atoms with van der Waals surface area (Å²) in [5.41, 5.74) is 15.8. The topological polar surface area (TPSA) is 57.0 Å². The Hall–Kier alpha value is -7.37. The Balaban J connectivity index is 0.000000237. The van der Waals surface area contributed by atoms with Crippen LogP contribution in [0.4, 0.5) is 0 Å². The number of aryl methyl sites for hydroxylation is 1. The van der Waals surface area contributed by atoms with Crippen molar-refractivity contribution in [1.82, 2.24) is 14.5 Å². The number of imidazole rings is 1. The molecule has 8 aromatic carbocycles. The van der Waals surface area contributed by atoms with E-state index in [0.717, 1.165) is 94.2 Å². The Labute approximate surface area is 443 Å². The first-order chi connectivity index (χ1) is 36.4. The van der Waals surface area contributed by atoms with Gasteiger partial charge in [0.05, 0.1) is 22.4 Å². The fraction of sp³-hybridized carbons (Fsp3) is 0.182. The fourth-order valence-corrected chi connectivity index (χ4v) is 9.76. The first kappa shape index (κ1) is 42.3. The van der Waals surface area contributed by atoms with E-state index in [4.69, 9.17) is 20.7 Å². The third-order valence-electron chi connectivity index (χ3n) is 13.0. The van der Waals surface area contributed by atoms with E-state index in [1.165, 1.54) is 23.4 Å². The number of para-hydroxylation sites is 2. The summed E-state index contributed by atoms with van der Waals surface area (Å²) < 4.78 is 54.6. The van der Waals surface area contributed by atoms with E-state index in [2.05, 4.69) is 177 Å². The molecule has 0 spiro atoms. The third kappa shape index (κ3) is 9.22. The van der Waals surface area contributed by atoms with E-state index in [1.807, 2.05) is 32.9 Å². The predicted octanol–water partition coefficient (Wildman–Crippen LogP) is 18.3. The van der Waals surface area contributed by atoms with Crippen molar-refractivity contribution in [2.24, 2.45) is 5.41 Å². The number of benzene rings is 8. The first-order valence-corrected chi connectivity index (χ1v) is 24.4. The molecule has 12 rings (SSSR count). The van der Waals surface area contributed by atoms with Crippen molar-refractivity contribution in [3.05, 3.63) is 210 Å². The molecule has 0 fully saturated rings. The van der Waals surface area contributed by atoms with Crippen LogP contribution in [0.2, 0.25) is 0 Å². The fourth-order valence-electron chi connectivity index (χ4n) is 9.76. The Kier molecular flexibility index (Phi) is 11.6. The second-order valence-corrected chi connectivity index (χ2v) is 19.9. The summed E-state index contributed by atoms with van der Waals surface area (Å²) in [5.74, 6) is 1.17. The third-order valence-corrected chi connectivity index (χ3v) is 13.0. The Morgan fingerprint density at radius 1 is 0.639 bits per heavy atom. The first-order valence-electron chi connectivity index (χ1n) is 26.9. The number of pyridine rings is 1. The molecule has 0 saturated carbocycles. The van der Waals surface area contributed by atoms with Crippen molar-refractivity contribution < 1.29 is 35.8 Å². The second kappa shape index (κ2) is 19.7.